The smallest absolute Gasteiger partial charge is 0.168 e. The fourth-order valence-corrected chi connectivity index (χ4v) is 4.64. The lowest BCUT2D eigenvalue weighted by Gasteiger charge is -2.49. The maximum atomic E-state index is 6.11. The largest absolute Gasteiger partial charge is 0.489 e. The van der Waals surface area contributed by atoms with E-state index in [-0.39, 0.29) is 35.3 Å². The second-order valence-corrected chi connectivity index (χ2v) is 7.96. The van der Waals surface area contributed by atoms with Gasteiger partial charge in [0.25, 0.3) is 0 Å². The summed E-state index contributed by atoms with van der Waals surface area (Å²) in [6, 6.07) is 19.0. The van der Waals surface area contributed by atoms with Crippen LogP contribution in [0.2, 0.25) is 0 Å². The van der Waals surface area contributed by atoms with Crippen LogP contribution in [0, 0.1) is 0 Å². The van der Waals surface area contributed by atoms with Crippen LogP contribution in [0.15, 0.2) is 54.6 Å². The summed E-state index contributed by atoms with van der Waals surface area (Å²) in [6.07, 6.45) is 3.93. The summed E-state index contributed by atoms with van der Waals surface area (Å²) in [5, 5.41) is 0. The molecule has 0 aromatic heterocycles. The third-order valence-electron chi connectivity index (χ3n) is 6.48. The molecule has 2 fully saturated rings. The minimum absolute atomic E-state index is 0. The van der Waals surface area contributed by atoms with Crippen LogP contribution in [0.4, 0.5) is 0 Å². The molecule has 4 rings (SSSR count). The SMILES string of the molecule is CCN(C)C1(c2cccc(OCc3ccccc3)c2)CCC2(CC1)OCCO2.I. The van der Waals surface area contributed by atoms with E-state index in [1.807, 2.05) is 18.2 Å². The lowest BCUT2D eigenvalue weighted by atomic mass is 9.73. The highest BCUT2D eigenvalue weighted by Crippen LogP contribution is 2.48. The highest BCUT2D eigenvalue weighted by atomic mass is 127. The molecule has 1 spiro atoms. The summed E-state index contributed by atoms with van der Waals surface area (Å²) in [6.45, 7) is 5.26. The fraction of sp³-hybridized carbons (Fsp3) is 0.500. The van der Waals surface area contributed by atoms with Gasteiger partial charge in [0.15, 0.2) is 5.79 Å². The van der Waals surface area contributed by atoms with Crippen LogP contribution in [0.3, 0.4) is 0 Å². The zero-order chi connectivity index (χ0) is 19.5. The van der Waals surface area contributed by atoms with E-state index in [2.05, 4.69) is 55.3 Å². The Balaban J connectivity index is 0.00000240. The fourth-order valence-electron chi connectivity index (χ4n) is 4.64. The Labute approximate surface area is 191 Å². The zero-order valence-corrected chi connectivity index (χ0v) is 19.8. The van der Waals surface area contributed by atoms with Crippen molar-refractivity contribution in [3.63, 3.8) is 0 Å². The molecule has 0 radical (unpaired) electrons. The molecule has 0 N–H and O–H groups in total. The Kier molecular flexibility index (Phi) is 7.59. The molecule has 0 unspecified atom stereocenters. The molecule has 5 heteroatoms. The first-order valence-electron chi connectivity index (χ1n) is 10.4. The van der Waals surface area contributed by atoms with Gasteiger partial charge in [0, 0.05) is 18.4 Å². The molecule has 0 amide bonds. The van der Waals surface area contributed by atoms with Crippen LogP contribution >= 0.6 is 24.0 Å². The molecule has 1 aliphatic carbocycles. The summed E-state index contributed by atoms with van der Waals surface area (Å²) < 4.78 is 18.0. The van der Waals surface area contributed by atoms with Crippen molar-refractivity contribution in [2.75, 3.05) is 26.8 Å². The summed E-state index contributed by atoms with van der Waals surface area (Å²) in [5.74, 6) is 0.582. The Hall–Kier alpha value is -1.15. The summed E-state index contributed by atoms with van der Waals surface area (Å²) in [7, 11) is 2.23. The van der Waals surface area contributed by atoms with Gasteiger partial charge in [-0.15, -0.1) is 24.0 Å². The van der Waals surface area contributed by atoms with Crippen molar-refractivity contribution in [3.8, 4) is 5.75 Å². The first-order valence-corrected chi connectivity index (χ1v) is 10.4. The normalized spacial score (nSPS) is 19.8. The molecule has 1 aliphatic heterocycles. The predicted molar refractivity (Wildman–Crippen MR) is 126 cm³/mol. The van der Waals surface area contributed by atoms with E-state index >= 15 is 0 Å². The number of hydrogen-bond acceptors (Lipinski definition) is 4. The van der Waals surface area contributed by atoms with Crippen molar-refractivity contribution in [3.05, 3.63) is 65.7 Å². The Morgan fingerprint density at radius 1 is 0.931 bits per heavy atom. The monoisotopic (exact) mass is 509 g/mol. The van der Waals surface area contributed by atoms with Crippen LogP contribution < -0.4 is 4.74 Å². The van der Waals surface area contributed by atoms with Gasteiger partial charge in [0.1, 0.15) is 12.4 Å². The third kappa shape index (κ3) is 4.79. The maximum Gasteiger partial charge on any atom is 0.168 e. The van der Waals surface area contributed by atoms with E-state index in [4.69, 9.17) is 14.2 Å². The molecular weight excluding hydrogens is 477 g/mol. The molecule has 1 saturated heterocycles. The van der Waals surface area contributed by atoms with E-state index in [0.717, 1.165) is 51.2 Å². The molecule has 1 saturated carbocycles. The predicted octanol–water partition coefficient (Wildman–Crippen LogP) is 5.35. The van der Waals surface area contributed by atoms with E-state index in [1.165, 1.54) is 11.1 Å². The van der Waals surface area contributed by atoms with Crippen molar-refractivity contribution in [1.82, 2.24) is 4.90 Å². The number of rotatable bonds is 6. The van der Waals surface area contributed by atoms with Gasteiger partial charge < -0.3 is 14.2 Å². The van der Waals surface area contributed by atoms with Crippen LogP contribution in [0.25, 0.3) is 0 Å². The first kappa shape index (κ1) is 22.5. The third-order valence-corrected chi connectivity index (χ3v) is 6.48. The van der Waals surface area contributed by atoms with Crippen molar-refractivity contribution in [2.24, 2.45) is 0 Å². The molecule has 2 aromatic carbocycles. The van der Waals surface area contributed by atoms with E-state index < -0.39 is 0 Å². The topological polar surface area (TPSA) is 30.9 Å². The average Bonchev–Trinajstić information content (AvgIpc) is 3.21. The molecular formula is C24H32INO3. The van der Waals surface area contributed by atoms with Crippen LogP contribution in [0.1, 0.15) is 43.7 Å². The summed E-state index contributed by atoms with van der Waals surface area (Å²) in [4.78, 5) is 2.48. The molecule has 1 heterocycles. The van der Waals surface area contributed by atoms with Gasteiger partial charge in [-0.3, -0.25) is 4.90 Å². The van der Waals surface area contributed by atoms with Crippen molar-refractivity contribution in [2.45, 2.75) is 50.5 Å². The van der Waals surface area contributed by atoms with Gasteiger partial charge in [-0.2, -0.15) is 0 Å². The minimum atomic E-state index is -0.348. The van der Waals surface area contributed by atoms with E-state index in [1.54, 1.807) is 0 Å². The van der Waals surface area contributed by atoms with Gasteiger partial charge in [0.2, 0.25) is 0 Å². The summed E-state index contributed by atoms with van der Waals surface area (Å²) >= 11 is 0. The molecule has 158 valence electrons. The highest BCUT2D eigenvalue weighted by Gasteiger charge is 2.48. The molecule has 2 aliphatic rings. The van der Waals surface area contributed by atoms with E-state index in [9.17, 15) is 0 Å². The highest BCUT2D eigenvalue weighted by molar-refractivity contribution is 14.0. The van der Waals surface area contributed by atoms with Crippen LogP contribution in [-0.2, 0) is 21.6 Å². The molecule has 29 heavy (non-hydrogen) atoms. The number of benzene rings is 2. The molecule has 2 aromatic rings. The van der Waals surface area contributed by atoms with Crippen molar-refractivity contribution in [1.29, 1.82) is 0 Å². The van der Waals surface area contributed by atoms with Gasteiger partial charge >= 0.3 is 0 Å². The number of nitrogens with zero attached hydrogens (tertiary/aromatic N) is 1. The number of ether oxygens (including phenoxy) is 3. The zero-order valence-electron chi connectivity index (χ0n) is 17.4. The average molecular weight is 509 g/mol. The standard InChI is InChI=1S/C24H31NO3.HI/c1-3-25(2)23(12-14-24(15-13-23)27-16-17-28-24)21-10-7-11-22(18-21)26-19-20-8-5-4-6-9-20;/h4-11,18H,3,12-17,19H2,1-2H3;1H. The molecule has 4 nitrogen and oxygen atoms in total. The second kappa shape index (κ2) is 9.77. The van der Waals surface area contributed by atoms with Crippen LogP contribution in [-0.4, -0.2) is 37.5 Å². The quantitative estimate of drug-likeness (QED) is 0.492. The summed E-state index contributed by atoms with van der Waals surface area (Å²) in [5.41, 5.74) is 2.51. The van der Waals surface area contributed by atoms with Crippen LogP contribution in [0.5, 0.6) is 5.75 Å². The Morgan fingerprint density at radius 2 is 1.62 bits per heavy atom. The maximum absolute atomic E-state index is 6.11. The van der Waals surface area contributed by atoms with Gasteiger partial charge in [-0.1, -0.05) is 49.4 Å². The lowest BCUT2D eigenvalue weighted by molar-refractivity contribution is -0.194. The molecule has 0 atom stereocenters. The van der Waals surface area contributed by atoms with Crippen molar-refractivity contribution >= 4 is 24.0 Å². The van der Waals surface area contributed by atoms with E-state index in [0.29, 0.717) is 6.61 Å². The minimum Gasteiger partial charge on any atom is -0.489 e. The lowest BCUT2D eigenvalue weighted by Crippen LogP contribution is -2.50. The van der Waals surface area contributed by atoms with Gasteiger partial charge in [-0.05, 0) is 49.7 Å². The number of halogens is 1. The van der Waals surface area contributed by atoms with Gasteiger partial charge in [-0.25, -0.2) is 0 Å². The first-order chi connectivity index (χ1) is 13.7. The molecule has 0 bridgehead atoms. The number of hydrogen-bond donors (Lipinski definition) is 0. The van der Waals surface area contributed by atoms with Gasteiger partial charge in [0.05, 0.1) is 13.2 Å². The second-order valence-electron chi connectivity index (χ2n) is 7.96. The Morgan fingerprint density at radius 3 is 2.28 bits per heavy atom. The van der Waals surface area contributed by atoms with Crippen molar-refractivity contribution < 1.29 is 14.2 Å². The Bertz CT molecular complexity index is 767.